The van der Waals surface area contributed by atoms with Crippen LogP contribution in [0.1, 0.15) is 45.2 Å². The quantitative estimate of drug-likeness (QED) is 0.834. The van der Waals surface area contributed by atoms with E-state index in [2.05, 4.69) is 24.0 Å². The summed E-state index contributed by atoms with van der Waals surface area (Å²) in [4.78, 5) is 11.9. The van der Waals surface area contributed by atoms with Gasteiger partial charge in [-0.15, -0.1) is 0 Å². The second-order valence-corrected chi connectivity index (χ2v) is 4.90. The number of nitrogens with two attached hydrogens (primary N) is 1. The van der Waals surface area contributed by atoms with Gasteiger partial charge in [-0.05, 0) is 25.3 Å². The SMILES string of the molecule is CC(C)c1cn(C(C)C)c2c(=O)[nH]nc(N)c12. The molecule has 2 heterocycles. The summed E-state index contributed by atoms with van der Waals surface area (Å²) in [6, 6.07) is 0.216. The number of anilines is 1. The molecule has 0 aromatic carbocycles. The topological polar surface area (TPSA) is 76.7 Å². The minimum absolute atomic E-state index is 0.185. The molecule has 5 nitrogen and oxygen atoms in total. The molecule has 0 fully saturated rings. The number of aromatic amines is 1. The molecule has 0 atom stereocenters. The zero-order chi connectivity index (χ0) is 12.7. The van der Waals surface area contributed by atoms with Crippen LogP contribution in [0.2, 0.25) is 0 Å². The molecule has 0 saturated heterocycles. The number of nitrogen functional groups attached to an aromatic ring is 1. The van der Waals surface area contributed by atoms with Crippen LogP contribution >= 0.6 is 0 Å². The highest BCUT2D eigenvalue weighted by atomic mass is 16.1. The highest BCUT2D eigenvalue weighted by molar-refractivity contribution is 5.92. The third-order valence-corrected chi connectivity index (χ3v) is 2.99. The van der Waals surface area contributed by atoms with Crippen molar-refractivity contribution >= 4 is 16.7 Å². The van der Waals surface area contributed by atoms with E-state index in [1.807, 2.05) is 24.6 Å². The zero-order valence-corrected chi connectivity index (χ0v) is 10.6. The summed E-state index contributed by atoms with van der Waals surface area (Å²) in [5.41, 5.74) is 7.39. The van der Waals surface area contributed by atoms with E-state index in [0.717, 1.165) is 10.9 Å². The van der Waals surface area contributed by atoms with E-state index < -0.39 is 0 Å². The second kappa shape index (κ2) is 3.91. The molecule has 3 N–H and O–H groups in total. The van der Waals surface area contributed by atoms with Gasteiger partial charge in [-0.2, -0.15) is 5.10 Å². The Kier molecular flexibility index (Phi) is 2.69. The smallest absolute Gasteiger partial charge is 0.288 e. The van der Waals surface area contributed by atoms with Crippen LogP contribution in [-0.4, -0.2) is 14.8 Å². The normalized spacial score (nSPS) is 11.9. The van der Waals surface area contributed by atoms with Crippen molar-refractivity contribution in [2.24, 2.45) is 0 Å². The summed E-state index contributed by atoms with van der Waals surface area (Å²) in [5, 5.41) is 7.08. The molecule has 0 amide bonds. The van der Waals surface area contributed by atoms with Crippen LogP contribution in [0.4, 0.5) is 5.82 Å². The van der Waals surface area contributed by atoms with Gasteiger partial charge >= 0.3 is 0 Å². The molecule has 0 aliphatic rings. The van der Waals surface area contributed by atoms with E-state index in [4.69, 9.17) is 5.73 Å². The predicted octanol–water partition coefficient (Wildman–Crippen LogP) is 2.01. The fourth-order valence-corrected chi connectivity index (χ4v) is 2.11. The molecular weight excluding hydrogens is 216 g/mol. The van der Waals surface area contributed by atoms with Crippen molar-refractivity contribution < 1.29 is 0 Å². The molecule has 2 aromatic rings. The Bertz CT molecular complexity index is 607. The van der Waals surface area contributed by atoms with Crippen molar-refractivity contribution in [2.75, 3.05) is 5.73 Å². The van der Waals surface area contributed by atoms with E-state index in [0.29, 0.717) is 17.3 Å². The average Bonchev–Trinajstić information content (AvgIpc) is 2.64. The molecule has 0 unspecified atom stereocenters. The van der Waals surface area contributed by atoms with Crippen molar-refractivity contribution in [2.45, 2.75) is 39.7 Å². The lowest BCUT2D eigenvalue weighted by Gasteiger charge is -2.07. The molecule has 5 heteroatoms. The third-order valence-electron chi connectivity index (χ3n) is 2.99. The number of fused-ring (bicyclic) bond motifs is 1. The van der Waals surface area contributed by atoms with E-state index in [-0.39, 0.29) is 11.6 Å². The van der Waals surface area contributed by atoms with Gasteiger partial charge in [-0.3, -0.25) is 4.79 Å². The van der Waals surface area contributed by atoms with E-state index in [9.17, 15) is 4.79 Å². The molecule has 0 radical (unpaired) electrons. The summed E-state index contributed by atoms with van der Waals surface area (Å²) in [7, 11) is 0. The van der Waals surface area contributed by atoms with E-state index in [1.165, 1.54) is 0 Å². The fourth-order valence-electron chi connectivity index (χ4n) is 2.11. The van der Waals surface area contributed by atoms with Crippen molar-refractivity contribution in [3.63, 3.8) is 0 Å². The van der Waals surface area contributed by atoms with Crippen LogP contribution in [0, 0.1) is 0 Å². The largest absolute Gasteiger partial charge is 0.382 e. The predicted molar refractivity (Wildman–Crippen MR) is 69.2 cm³/mol. The summed E-state index contributed by atoms with van der Waals surface area (Å²) < 4.78 is 1.96. The van der Waals surface area contributed by atoms with Crippen molar-refractivity contribution in [3.05, 3.63) is 22.1 Å². The molecule has 17 heavy (non-hydrogen) atoms. The Morgan fingerprint density at radius 1 is 1.35 bits per heavy atom. The lowest BCUT2D eigenvalue weighted by molar-refractivity contribution is 0.617. The number of hydrogen-bond acceptors (Lipinski definition) is 3. The maximum absolute atomic E-state index is 11.9. The lowest BCUT2D eigenvalue weighted by atomic mass is 10.0. The number of nitrogens with one attached hydrogen (secondary N) is 1. The van der Waals surface area contributed by atoms with Gasteiger partial charge in [0.2, 0.25) is 0 Å². The van der Waals surface area contributed by atoms with Crippen molar-refractivity contribution in [1.82, 2.24) is 14.8 Å². The Morgan fingerprint density at radius 3 is 2.53 bits per heavy atom. The van der Waals surface area contributed by atoms with Gasteiger partial charge in [0.15, 0.2) is 5.82 Å². The minimum Gasteiger partial charge on any atom is -0.382 e. The molecule has 2 aromatic heterocycles. The average molecular weight is 234 g/mol. The lowest BCUT2D eigenvalue weighted by Crippen LogP contribution is -2.14. The number of nitrogens with zero attached hydrogens (tertiary/aromatic N) is 2. The summed E-state index contributed by atoms with van der Waals surface area (Å²) in [5.74, 6) is 0.700. The van der Waals surface area contributed by atoms with Gasteiger partial charge in [0, 0.05) is 12.2 Å². The van der Waals surface area contributed by atoms with Gasteiger partial charge in [0.05, 0.1) is 5.39 Å². The Labute approximate surface area is 99.6 Å². The summed E-state index contributed by atoms with van der Waals surface area (Å²) >= 11 is 0. The maximum atomic E-state index is 11.9. The first-order chi connectivity index (χ1) is 7.93. The molecule has 0 aliphatic heterocycles. The number of hydrogen-bond donors (Lipinski definition) is 2. The van der Waals surface area contributed by atoms with Gasteiger partial charge < -0.3 is 10.3 Å². The van der Waals surface area contributed by atoms with Gasteiger partial charge in [0.25, 0.3) is 5.56 Å². The fraction of sp³-hybridized carbons (Fsp3) is 0.500. The summed E-state index contributed by atoms with van der Waals surface area (Å²) in [6.07, 6.45) is 2.01. The van der Waals surface area contributed by atoms with Crippen LogP contribution < -0.4 is 11.3 Å². The molecule has 2 rings (SSSR count). The van der Waals surface area contributed by atoms with Crippen LogP contribution in [-0.2, 0) is 0 Å². The Morgan fingerprint density at radius 2 is 2.00 bits per heavy atom. The number of aromatic nitrogens is 3. The standard InChI is InChI=1S/C12H18N4O/c1-6(2)8-5-16(7(3)4)10-9(8)11(13)14-15-12(10)17/h5-7H,1-4H3,(H2,13,14)(H,15,17). The first-order valence-electron chi connectivity index (χ1n) is 5.82. The van der Waals surface area contributed by atoms with Crippen LogP contribution in [0.5, 0.6) is 0 Å². The molecule has 0 aliphatic carbocycles. The van der Waals surface area contributed by atoms with E-state index in [1.54, 1.807) is 0 Å². The Balaban J connectivity index is 2.96. The van der Waals surface area contributed by atoms with Gasteiger partial charge in [-0.25, -0.2) is 5.10 Å². The molecule has 0 spiro atoms. The molecule has 0 saturated carbocycles. The number of rotatable bonds is 2. The maximum Gasteiger partial charge on any atom is 0.288 e. The minimum atomic E-state index is -0.185. The highest BCUT2D eigenvalue weighted by Crippen LogP contribution is 2.30. The second-order valence-electron chi connectivity index (χ2n) is 4.90. The molecule has 0 bridgehead atoms. The van der Waals surface area contributed by atoms with Crippen molar-refractivity contribution in [3.8, 4) is 0 Å². The monoisotopic (exact) mass is 234 g/mol. The van der Waals surface area contributed by atoms with Crippen LogP contribution in [0.3, 0.4) is 0 Å². The molecular formula is C12H18N4O. The highest BCUT2D eigenvalue weighted by Gasteiger charge is 2.18. The van der Waals surface area contributed by atoms with Crippen LogP contribution in [0.25, 0.3) is 10.9 Å². The molecule has 92 valence electrons. The Hall–Kier alpha value is -1.78. The summed E-state index contributed by atoms with van der Waals surface area (Å²) in [6.45, 7) is 8.25. The zero-order valence-electron chi connectivity index (χ0n) is 10.6. The first kappa shape index (κ1) is 11.7. The first-order valence-corrected chi connectivity index (χ1v) is 5.82. The van der Waals surface area contributed by atoms with E-state index >= 15 is 0 Å². The van der Waals surface area contributed by atoms with Gasteiger partial charge in [0.1, 0.15) is 5.52 Å². The number of H-pyrrole nitrogens is 1. The van der Waals surface area contributed by atoms with Gasteiger partial charge in [-0.1, -0.05) is 13.8 Å². The third kappa shape index (κ3) is 1.71. The van der Waals surface area contributed by atoms with Crippen LogP contribution in [0.15, 0.2) is 11.0 Å². The van der Waals surface area contributed by atoms with Crippen molar-refractivity contribution in [1.29, 1.82) is 0 Å².